The van der Waals surface area contributed by atoms with Gasteiger partial charge < -0.3 is 9.80 Å². The molecule has 6 aromatic carbocycles. The third-order valence-electron chi connectivity index (χ3n) is 13.1. The van der Waals surface area contributed by atoms with Gasteiger partial charge in [-0.15, -0.1) is 0 Å². The summed E-state index contributed by atoms with van der Waals surface area (Å²) in [6.45, 7) is 10.3. The van der Waals surface area contributed by atoms with Gasteiger partial charge in [0.05, 0.1) is 19.4 Å². The molecule has 4 aliphatic rings. The van der Waals surface area contributed by atoms with Crippen molar-refractivity contribution < 1.29 is 0 Å². The number of benzene rings is 6. The standard InChI is InChI=1S/C52H50N2Si/c1-35-31-45-47(33-37-19-17-29-43(37)49(45)53(39-21-9-5-10-22-39)40-23-11-6-12-24-40)51(35)55(3,4)52-36(2)32-46-48(52)34-38-20-18-30-44(38)50(46)54(41-25-13-7-14-26-41)42-27-15-8-16-28-42/h5-16,21-28,31,33-34,51H,17-20,29-30,32H2,1-4H3. The van der Waals surface area contributed by atoms with Gasteiger partial charge in [0, 0.05) is 33.9 Å². The van der Waals surface area contributed by atoms with E-state index in [9.17, 15) is 0 Å². The average molecular weight is 731 g/mol. The molecule has 0 amide bonds. The Kier molecular flexibility index (Phi) is 8.33. The first-order chi connectivity index (χ1) is 26.9. The Hall–Kier alpha value is -5.38. The van der Waals surface area contributed by atoms with E-state index in [2.05, 4.69) is 176 Å². The number of anilines is 6. The van der Waals surface area contributed by atoms with Crippen LogP contribution in [0, 0.1) is 0 Å². The van der Waals surface area contributed by atoms with E-state index in [0.717, 1.165) is 32.1 Å². The molecule has 0 aromatic heterocycles. The van der Waals surface area contributed by atoms with Gasteiger partial charge in [0.1, 0.15) is 0 Å². The summed E-state index contributed by atoms with van der Waals surface area (Å²) in [5.74, 6) is 0. The molecule has 4 aliphatic carbocycles. The molecule has 0 fully saturated rings. The largest absolute Gasteiger partial charge is 0.310 e. The fourth-order valence-electron chi connectivity index (χ4n) is 11.1. The lowest BCUT2D eigenvalue weighted by molar-refractivity contribution is 0.910. The minimum atomic E-state index is -2.19. The highest BCUT2D eigenvalue weighted by atomic mass is 28.3. The van der Waals surface area contributed by atoms with Crippen LogP contribution >= 0.6 is 0 Å². The molecule has 0 saturated heterocycles. The van der Waals surface area contributed by atoms with Crippen LogP contribution in [0.15, 0.2) is 145 Å². The van der Waals surface area contributed by atoms with E-state index in [4.69, 9.17) is 0 Å². The Morgan fingerprint density at radius 2 is 0.982 bits per heavy atom. The minimum absolute atomic E-state index is 0.410. The van der Waals surface area contributed by atoms with Gasteiger partial charge in [0.2, 0.25) is 0 Å². The number of para-hydroxylation sites is 4. The number of allylic oxidation sites excluding steroid dienone is 2. The topological polar surface area (TPSA) is 6.48 Å². The molecule has 2 nitrogen and oxygen atoms in total. The maximum atomic E-state index is 2.69. The number of hydrogen-bond donors (Lipinski definition) is 0. The molecule has 3 heteroatoms. The molecule has 1 atom stereocenters. The van der Waals surface area contributed by atoms with Gasteiger partial charge in [-0.25, -0.2) is 0 Å². The molecule has 1 unspecified atom stereocenters. The first-order valence-electron chi connectivity index (χ1n) is 20.5. The zero-order chi connectivity index (χ0) is 37.3. The number of nitrogens with zero attached hydrogens (tertiary/aromatic N) is 2. The summed E-state index contributed by atoms with van der Waals surface area (Å²) >= 11 is 0. The third-order valence-corrected chi connectivity index (χ3v) is 17.3. The van der Waals surface area contributed by atoms with E-state index in [-0.39, 0.29) is 0 Å². The summed E-state index contributed by atoms with van der Waals surface area (Å²) in [4.78, 5) is 5.15. The summed E-state index contributed by atoms with van der Waals surface area (Å²) < 4.78 is 0. The molecular weight excluding hydrogens is 681 g/mol. The van der Waals surface area contributed by atoms with Crippen molar-refractivity contribution in [3.8, 4) is 0 Å². The van der Waals surface area contributed by atoms with Gasteiger partial charge in [-0.05, 0) is 146 Å². The molecule has 0 heterocycles. The van der Waals surface area contributed by atoms with Crippen LogP contribution in [0.3, 0.4) is 0 Å². The van der Waals surface area contributed by atoms with Crippen molar-refractivity contribution >= 4 is 53.5 Å². The van der Waals surface area contributed by atoms with E-state index in [1.165, 1.54) is 63.7 Å². The molecule has 0 spiro atoms. The summed E-state index contributed by atoms with van der Waals surface area (Å²) in [7, 11) is -2.19. The second kappa shape index (κ2) is 13.4. The zero-order valence-electron chi connectivity index (χ0n) is 32.7. The van der Waals surface area contributed by atoms with Crippen molar-refractivity contribution in [2.45, 2.75) is 77.4 Å². The Labute approximate surface area is 328 Å². The molecule has 0 aliphatic heterocycles. The van der Waals surface area contributed by atoms with E-state index < -0.39 is 8.07 Å². The maximum Gasteiger partial charge on any atom is 0.0930 e. The highest BCUT2D eigenvalue weighted by Crippen LogP contribution is 2.57. The first kappa shape index (κ1) is 34.1. The molecule has 0 saturated carbocycles. The van der Waals surface area contributed by atoms with Crippen LogP contribution < -0.4 is 9.80 Å². The summed E-state index contributed by atoms with van der Waals surface area (Å²) in [5, 5.41) is 1.69. The number of hydrogen-bond acceptors (Lipinski definition) is 2. The van der Waals surface area contributed by atoms with Gasteiger partial charge in [0.15, 0.2) is 0 Å². The Bertz CT molecular complexity index is 2420. The summed E-state index contributed by atoms with van der Waals surface area (Å²) in [6, 6.07) is 49.6. The van der Waals surface area contributed by atoms with E-state index in [1.54, 1.807) is 44.2 Å². The van der Waals surface area contributed by atoms with E-state index in [1.807, 2.05) is 0 Å². The van der Waals surface area contributed by atoms with Crippen molar-refractivity contribution in [2.24, 2.45) is 0 Å². The molecule has 0 bridgehead atoms. The van der Waals surface area contributed by atoms with Crippen LogP contribution in [0.1, 0.15) is 76.7 Å². The summed E-state index contributed by atoms with van der Waals surface area (Å²) in [5.41, 5.74) is 23.6. The van der Waals surface area contributed by atoms with Gasteiger partial charge >= 0.3 is 0 Å². The molecular formula is C52H50N2Si. The second-order valence-electron chi connectivity index (χ2n) is 16.9. The monoisotopic (exact) mass is 730 g/mol. The molecule has 55 heavy (non-hydrogen) atoms. The molecule has 6 aromatic rings. The quantitative estimate of drug-likeness (QED) is 0.144. The SMILES string of the molecule is CC1=Cc2c(cc3c(c2N(c2ccccc2)c2ccccc2)CCC3)C1[Si](C)(C)C1=C(C)Cc2c1cc1c(c2N(c2ccccc2)c2ccccc2)CCC1. The third kappa shape index (κ3) is 5.50. The van der Waals surface area contributed by atoms with Crippen LogP contribution in [0.2, 0.25) is 13.1 Å². The van der Waals surface area contributed by atoms with Crippen molar-refractivity contribution in [3.63, 3.8) is 0 Å². The van der Waals surface area contributed by atoms with Gasteiger partial charge in [0.25, 0.3) is 0 Å². The molecule has 0 N–H and O–H groups in total. The number of aryl methyl sites for hydroxylation is 2. The van der Waals surface area contributed by atoms with Crippen molar-refractivity contribution in [1.82, 2.24) is 0 Å². The lowest BCUT2D eigenvalue weighted by atomic mass is 9.96. The van der Waals surface area contributed by atoms with E-state index in [0.29, 0.717) is 5.54 Å². The highest BCUT2D eigenvalue weighted by molar-refractivity contribution is 6.96. The van der Waals surface area contributed by atoms with Crippen LogP contribution in [0.25, 0.3) is 11.3 Å². The normalized spacial score (nSPS) is 16.8. The van der Waals surface area contributed by atoms with E-state index >= 15 is 0 Å². The molecule has 0 radical (unpaired) electrons. The van der Waals surface area contributed by atoms with Crippen molar-refractivity contribution in [1.29, 1.82) is 0 Å². The average Bonchev–Trinajstić information content (AvgIpc) is 4.01. The number of rotatable bonds is 8. The van der Waals surface area contributed by atoms with Crippen LogP contribution in [-0.2, 0) is 32.1 Å². The minimum Gasteiger partial charge on any atom is -0.310 e. The lowest BCUT2D eigenvalue weighted by Crippen LogP contribution is -2.37. The number of fused-ring (bicyclic) bond motifs is 4. The highest BCUT2D eigenvalue weighted by Gasteiger charge is 2.46. The van der Waals surface area contributed by atoms with Crippen molar-refractivity contribution in [3.05, 3.63) is 189 Å². The van der Waals surface area contributed by atoms with Crippen LogP contribution in [0.4, 0.5) is 34.1 Å². The van der Waals surface area contributed by atoms with Crippen LogP contribution in [-0.4, -0.2) is 8.07 Å². The lowest BCUT2D eigenvalue weighted by Gasteiger charge is -2.37. The molecule has 10 rings (SSSR count). The van der Waals surface area contributed by atoms with Crippen LogP contribution in [0.5, 0.6) is 0 Å². The van der Waals surface area contributed by atoms with Gasteiger partial charge in [-0.1, -0.05) is 120 Å². The van der Waals surface area contributed by atoms with Crippen molar-refractivity contribution in [2.75, 3.05) is 9.80 Å². The van der Waals surface area contributed by atoms with Gasteiger partial charge in [-0.3, -0.25) is 0 Å². The van der Waals surface area contributed by atoms with Gasteiger partial charge in [-0.2, -0.15) is 0 Å². The fraction of sp³-hybridized carbons (Fsp3) is 0.231. The zero-order valence-corrected chi connectivity index (χ0v) is 33.7. The predicted molar refractivity (Wildman–Crippen MR) is 236 cm³/mol. The Morgan fingerprint density at radius 3 is 1.49 bits per heavy atom. The smallest absolute Gasteiger partial charge is 0.0930 e. The Balaban J connectivity index is 1.15. The predicted octanol–water partition coefficient (Wildman–Crippen LogP) is 13.9. The second-order valence-corrected chi connectivity index (χ2v) is 21.4. The maximum absolute atomic E-state index is 2.69. The fourth-order valence-corrected chi connectivity index (χ4v) is 15.7. The molecule has 272 valence electrons. The Morgan fingerprint density at radius 1 is 0.527 bits per heavy atom. The summed E-state index contributed by atoms with van der Waals surface area (Å²) in [6.07, 6.45) is 10.7. The first-order valence-corrected chi connectivity index (χ1v) is 23.5.